The van der Waals surface area contributed by atoms with Crippen molar-refractivity contribution in [1.82, 2.24) is 9.97 Å². The van der Waals surface area contributed by atoms with E-state index < -0.39 is 27.7 Å². The van der Waals surface area contributed by atoms with Crippen molar-refractivity contribution < 1.29 is 28.9 Å². The molecule has 0 aliphatic carbocycles. The van der Waals surface area contributed by atoms with Crippen molar-refractivity contribution in [3.05, 3.63) is 148 Å². The standard InChI is InChI=1S/C36H34N4O8/c1-18-16-19(2)29(20(3)17-18)32(33-21(4)30(23(6)37-33)35(41)47-27-12-8-25(9-13-27)39(43)44)34-22(5)31(24(7)38-34)36(42)48-28-14-10-26(11-15-28)40(45)46/h8-17,32,37-38H,1-7H3. The van der Waals surface area contributed by atoms with Crippen LogP contribution in [0, 0.1) is 68.7 Å². The molecule has 246 valence electrons. The molecule has 2 heterocycles. The SMILES string of the molecule is Cc1cc(C)c(C(c2[nH]c(C)c(C(=O)Oc3ccc([N+](=O)[O-])cc3)c2C)c2[nH]c(C)c(C(=O)Oc3ccc([N+](=O)[O-])cc3)c2C)c(C)c1. The molecule has 12 nitrogen and oxygen atoms in total. The number of hydrogen-bond acceptors (Lipinski definition) is 8. The van der Waals surface area contributed by atoms with Gasteiger partial charge in [0.1, 0.15) is 11.5 Å². The average molecular weight is 651 g/mol. The van der Waals surface area contributed by atoms with Crippen LogP contribution in [0.3, 0.4) is 0 Å². The van der Waals surface area contributed by atoms with Crippen LogP contribution in [0.25, 0.3) is 0 Å². The van der Waals surface area contributed by atoms with Crippen molar-refractivity contribution in [2.45, 2.75) is 54.4 Å². The Kier molecular flexibility index (Phi) is 9.02. The maximum absolute atomic E-state index is 13.5. The van der Waals surface area contributed by atoms with Gasteiger partial charge in [-0.1, -0.05) is 17.7 Å². The van der Waals surface area contributed by atoms with Crippen LogP contribution in [0.2, 0.25) is 0 Å². The molecule has 0 saturated carbocycles. The van der Waals surface area contributed by atoms with Gasteiger partial charge in [0.2, 0.25) is 0 Å². The number of nitrogens with one attached hydrogen (secondary N) is 2. The fourth-order valence-corrected chi connectivity index (χ4v) is 6.41. The Morgan fingerprint density at radius 1 is 0.625 bits per heavy atom. The van der Waals surface area contributed by atoms with Crippen LogP contribution in [0.15, 0.2) is 60.7 Å². The number of H-pyrrole nitrogens is 2. The summed E-state index contributed by atoms with van der Waals surface area (Å²) in [5.74, 6) is -1.37. The number of aromatic amines is 2. The fourth-order valence-electron chi connectivity index (χ4n) is 6.41. The molecular formula is C36H34N4O8. The number of esters is 2. The first-order valence-electron chi connectivity index (χ1n) is 15.1. The third-order valence-corrected chi connectivity index (χ3v) is 8.48. The summed E-state index contributed by atoms with van der Waals surface area (Å²) >= 11 is 0. The van der Waals surface area contributed by atoms with Gasteiger partial charge in [0, 0.05) is 47.0 Å². The second-order valence-corrected chi connectivity index (χ2v) is 11.9. The van der Waals surface area contributed by atoms with Gasteiger partial charge in [-0.05, 0) is 101 Å². The van der Waals surface area contributed by atoms with Gasteiger partial charge in [-0.2, -0.15) is 0 Å². The van der Waals surface area contributed by atoms with E-state index in [0.29, 0.717) is 33.6 Å². The molecule has 0 amide bonds. The Labute approximate surface area is 276 Å². The number of non-ortho nitro benzene ring substituents is 2. The van der Waals surface area contributed by atoms with Gasteiger partial charge in [0.25, 0.3) is 11.4 Å². The highest BCUT2D eigenvalue weighted by molar-refractivity contribution is 5.95. The largest absolute Gasteiger partial charge is 0.423 e. The number of nitrogens with zero attached hydrogens (tertiary/aromatic N) is 2. The van der Waals surface area contributed by atoms with Gasteiger partial charge in [-0.3, -0.25) is 20.2 Å². The normalized spacial score (nSPS) is 11.1. The first-order valence-corrected chi connectivity index (χ1v) is 15.1. The van der Waals surface area contributed by atoms with Gasteiger partial charge in [-0.15, -0.1) is 0 Å². The second kappa shape index (κ2) is 13.0. The molecule has 0 aliphatic rings. The smallest absolute Gasteiger partial charge is 0.345 e. The Bertz CT molecular complexity index is 1940. The number of aromatic nitrogens is 2. The van der Waals surface area contributed by atoms with E-state index >= 15 is 0 Å². The van der Waals surface area contributed by atoms with Crippen molar-refractivity contribution in [2.24, 2.45) is 0 Å². The summed E-state index contributed by atoms with van der Waals surface area (Å²) in [5.41, 5.74) is 8.39. The number of benzene rings is 3. The number of aryl methyl sites for hydroxylation is 5. The van der Waals surface area contributed by atoms with Crippen LogP contribution in [0.5, 0.6) is 11.5 Å². The number of carbonyl (C=O) groups is 2. The predicted molar refractivity (Wildman–Crippen MR) is 178 cm³/mol. The first kappa shape index (κ1) is 33.3. The zero-order valence-corrected chi connectivity index (χ0v) is 27.5. The molecule has 3 aromatic carbocycles. The highest BCUT2D eigenvalue weighted by Crippen LogP contribution is 2.41. The lowest BCUT2D eigenvalue weighted by Gasteiger charge is -2.23. The topological polar surface area (TPSA) is 170 Å². The number of ether oxygens (including phenoxy) is 2. The molecule has 5 aromatic rings. The molecule has 12 heteroatoms. The quantitative estimate of drug-likeness (QED) is 0.0701. The minimum Gasteiger partial charge on any atom is -0.423 e. The number of rotatable bonds is 9. The van der Waals surface area contributed by atoms with Crippen molar-refractivity contribution >= 4 is 23.3 Å². The Morgan fingerprint density at radius 2 is 0.979 bits per heavy atom. The third kappa shape index (κ3) is 6.32. The maximum atomic E-state index is 13.5. The summed E-state index contributed by atoms with van der Waals surface area (Å²) in [7, 11) is 0. The highest BCUT2D eigenvalue weighted by atomic mass is 16.6. The lowest BCUT2D eigenvalue weighted by molar-refractivity contribution is -0.385. The summed E-state index contributed by atoms with van der Waals surface area (Å²) in [6, 6.07) is 14.7. The van der Waals surface area contributed by atoms with Gasteiger partial charge in [0.05, 0.1) is 26.9 Å². The summed E-state index contributed by atoms with van der Waals surface area (Å²) in [6.07, 6.45) is 0. The molecule has 0 aliphatic heterocycles. The molecule has 0 bridgehead atoms. The summed E-state index contributed by atoms with van der Waals surface area (Å²) in [4.78, 5) is 55.0. The summed E-state index contributed by atoms with van der Waals surface area (Å²) in [6.45, 7) is 13.3. The minimum absolute atomic E-state index is 0.120. The van der Waals surface area contributed by atoms with E-state index in [9.17, 15) is 29.8 Å². The second-order valence-electron chi connectivity index (χ2n) is 11.9. The van der Waals surface area contributed by atoms with Crippen molar-refractivity contribution in [2.75, 3.05) is 0 Å². The molecule has 0 spiro atoms. The van der Waals surface area contributed by atoms with Gasteiger partial charge in [0.15, 0.2) is 0 Å². The Morgan fingerprint density at radius 3 is 1.31 bits per heavy atom. The Hall–Kier alpha value is -6.04. The molecule has 0 atom stereocenters. The molecule has 2 N–H and O–H groups in total. The van der Waals surface area contributed by atoms with Crippen molar-refractivity contribution in [3.8, 4) is 11.5 Å². The number of hydrogen-bond donors (Lipinski definition) is 2. The predicted octanol–water partition coefficient (Wildman–Crippen LogP) is 7.94. The van der Waals surface area contributed by atoms with E-state index in [1.807, 2.05) is 34.6 Å². The molecule has 48 heavy (non-hydrogen) atoms. The third-order valence-electron chi connectivity index (χ3n) is 8.48. The molecule has 0 saturated heterocycles. The minimum atomic E-state index is -0.621. The van der Waals surface area contributed by atoms with Gasteiger partial charge >= 0.3 is 11.9 Å². The van der Waals surface area contributed by atoms with E-state index in [1.165, 1.54) is 48.5 Å². The van der Waals surface area contributed by atoms with Crippen LogP contribution in [0.1, 0.15) is 82.8 Å². The van der Waals surface area contributed by atoms with E-state index in [2.05, 4.69) is 22.1 Å². The average Bonchev–Trinajstić information content (AvgIpc) is 3.48. The lowest BCUT2D eigenvalue weighted by Crippen LogP contribution is -2.14. The van der Waals surface area contributed by atoms with Gasteiger partial charge in [-0.25, -0.2) is 9.59 Å². The van der Waals surface area contributed by atoms with Crippen molar-refractivity contribution in [3.63, 3.8) is 0 Å². The summed E-state index contributed by atoms with van der Waals surface area (Å²) < 4.78 is 11.3. The molecule has 0 fully saturated rings. The van der Waals surface area contributed by atoms with Crippen LogP contribution in [0.4, 0.5) is 11.4 Å². The van der Waals surface area contributed by atoms with E-state index in [4.69, 9.17) is 9.47 Å². The Balaban J connectivity index is 1.59. The maximum Gasteiger partial charge on any atom is 0.345 e. The number of nitro benzene ring substituents is 2. The summed E-state index contributed by atoms with van der Waals surface area (Å²) in [5, 5.41) is 22.1. The molecular weight excluding hydrogens is 616 g/mol. The molecule has 0 radical (unpaired) electrons. The van der Waals surface area contributed by atoms with Gasteiger partial charge < -0.3 is 19.4 Å². The monoisotopic (exact) mass is 650 g/mol. The first-order chi connectivity index (χ1) is 22.7. The number of nitro groups is 2. The molecule has 5 rings (SSSR count). The van der Waals surface area contributed by atoms with E-state index in [-0.39, 0.29) is 22.9 Å². The van der Waals surface area contributed by atoms with Crippen LogP contribution in [-0.4, -0.2) is 31.8 Å². The van der Waals surface area contributed by atoms with E-state index in [0.717, 1.165) is 33.6 Å². The fraction of sp³-hybridized carbons (Fsp3) is 0.222. The van der Waals surface area contributed by atoms with Crippen LogP contribution in [-0.2, 0) is 0 Å². The highest BCUT2D eigenvalue weighted by Gasteiger charge is 2.33. The number of carbonyl (C=O) groups excluding carboxylic acids is 2. The van der Waals surface area contributed by atoms with E-state index in [1.54, 1.807) is 13.8 Å². The lowest BCUT2D eigenvalue weighted by atomic mass is 9.82. The molecule has 0 unspecified atom stereocenters. The van der Waals surface area contributed by atoms with Crippen LogP contribution >= 0.6 is 0 Å². The zero-order valence-electron chi connectivity index (χ0n) is 27.5. The van der Waals surface area contributed by atoms with Crippen molar-refractivity contribution in [1.29, 1.82) is 0 Å². The van der Waals surface area contributed by atoms with Crippen LogP contribution < -0.4 is 9.47 Å². The zero-order chi connectivity index (χ0) is 35.0. The molecule has 2 aromatic heterocycles.